The van der Waals surface area contributed by atoms with E-state index in [1.807, 2.05) is 75.3 Å². The Kier molecular flexibility index (Phi) is 14.0. The first-order valence-corrected chi connectivity index (χ1v) is 27.8. The van der Waals surface area contributed by atoms with Crippen LogP contribution in [0.2, 0.25) is 0 Å². The van der Waals surface area contributed by atoms with Gasteiger partial charge >= 0.3 is 0 Å². The van der Waals surface area contributed by atoms with Gasteiger partial charge in [-0.2, -0.15) is 0 Å². The molecule has 394 valence electrons. The van der Waals surface area contributed by atoms with Gasteiger partial charge in [-0.05, 0) is 106 Å². The van der Waals surface area contributed by atoms with E-state index >= 15 is 0 Å². The van der Waals surface area contributed by atoms with Crippen LogP contribution in [-0.4, -0.2) is 70.3 Å². The third kappa shape index (κ3) is 10.4. The summed E-state index contributed by atoms with van der Waals surface area (Å²) in [7, 11) is -4.53. The van der Waals surface area contributed by atoms with Crippen molar-refractivity contribution >= 4 is 65.2 Å². The van der Waals surface area contributed by atoms with Crippen LogP contribution in [0, 0.1) is 6.57 Å². The summed E-state index contributed by atoms with van der Waals surface area (Å²) in [5.74, 6) is 0.198. The molecule has 2 aromatic heterocycles. The lowest BCUT2D eigenvalue weighted by molar-refractivity contribution is -0.120. The van der Waals surface area contributed by atoms with Gasteiger partial charge in [0.2, 0.25) is 25.4 Å². The summed E-state index contributed by atoms with van der Waals surface area (Å²) in [6.45, 7) is 17.1. The molecule has 11 rings (SSSR count). The number of amides is 2. The number of fused-ring (bicyclic) bond motifs is 4. The predicted molar refractivity (Wildman–Crippen MR) is 292 cm³/mol. The highest BCUT2D eigenvalue weighted by molar-refractivity contribution is 7.90. The minimum absolute atomic E-state index is 0.00862. The van der Waals surface area contributed by atoms with Crippen molar-refractivity contribution in [2.24, 2.45) is 19.1 Å². The summed E-state index contributed by atoms with van der Waals surface area (Å²) in [6, 6.07) is 34.6. The lowest BCUT2D eigenvalue weighted by Gasteiger charge is -2.18. The summed E-state index contributed by atoms with van der Waals surface area (Å²) >= 11 is 0. The number of sulfonamides is 2. The van der Waals surface area contributed by atoms with Crippen molar-refractivity contribution in [3.63, 3.8) is 0 Å². The van der Waals surface area contributed by atoms with Crippen LogP contribution in [0.3, 0.4) is 0 Å². The fourth-order valence-corrected chi connectivity index (χ4v) is 11.8. The fraction of sp³-hybridized carbons (Fsp3) is 0.241. The molecular formula is C58H55N7O10S2. The number of nitrogens with zero attached hydrogens (tertiary/aromatic N) is 4. The average Bonchev–Trinajstić information content (AvgIpc) is 4.31. The number of hydrogen-bond acceptors (Lipinski definition) is 12. The van der Waals surface area contributed by atoms with Crippen LogP contribution in [-0.2, 0) is 43.7 Å². The Morgan fingerprint density at radius 2 is 1.03 bits per heavy atom. The zero-order valence-corrected chi connectivity index (χ0v) is 44.7. The molecule has 3 aliphatic rings. The fourth-order valence-electron chi connectivity index (χ4n) is 9.78. The molecule has 77 heavy (non-hydrogen) atoms. The summed E-state index contributed by atoms with van der Waals surface area (Å²) in [5, 5.41) is 4.87. The van der Waals surface area contributed by atoms with Crippen LogP contribution >= 0.6 is 0 Å². The first kappa shape index (κ1) is 51.9. The molecule has 0 saturated heterocycles. The molecule has 0 fully saturated rings. The van der Waals surface area contributed by atoms with Crippen LogP contribution in [0.25, 0.3) is 26.7 Å². The van der Waals surface area contributed by atoms with Gasteiger partial charge in [-0.3, -0.25) is 14.6 Å². The quantitative estimate of drug-likeness (QED) is 0.0930. The number of rotatable bonds is 13. The van der Waals surface area contributed by atoms with Gasteiger partial charge in [0.05, 0.1) is 34.7 Å². The second-order valence-electron chi connectivity index (χ2n) is 19.6. The number of carbonyl (C=O) groups excluding carboxylic acids is 2. The van der Waals surface area contributed by atoms with Crippen LogP contribution in [0.5, 0.6) is 23.0 Å². The maximum absolute atomic E-state index is 13.9. The Morgan fingerprint density at radius 3 is 1.47 bits per heavy atom. The Balaban J connectivity index is 0.000000175. The van der Waals surface area contributed by atoms with Crippen molar-refractivity contribution in [1.29, 1.82) is 0 Å². The van der Waals surface area contributed by atoms with E-state index in [-0.39, 0.29) is 35.2 Å². The molecule has 5 heterocycles. The molecule has 3 aliphatic heterocycles. The topological polar surface area (TPSA) is 202 Å². The van der Waals surface area contributed by atoms with Gasteiger partial charge in [-0.25, -0.2) is 31.1 Å². The minimum atomic E-state index is -4.13. The van der Waals surface area contributed by atoms with Gasteiger partial charge in [0.15, 0.2) is 28.7 Å². The van der Waals surface area contributed by atoms with Crippen LogP contribution in [0.4, 0.5) is 5.69 Å². The SMILES string of the molecule is CC(C)c1ccc(S(=O)(=O)NC(=O)C(c2ccc3c(c2)OCO3)c2cn(C)c3cc(C4=NCCN4)ccc23)cc1.[C-]#[N+]c1ccc2c(C(C(=O)NS(=O)(=O)c3ccc(C(C)C)cc3)c3ccc4c(c3)OCO4)cn(C)c2c1. The van der Waals surface area contributed by atoms with Crippen molar-refractivity contribution in [2.75, 3.05) is 26.7 Å². The molecule has 2 unspecified atom stereocenters. The molecule has 0 saturated carbocycles. The van der Waals surface area contributed by atoms with E-state index in [2.05, 4.69) is 24.6 Å². The summed E-state index contributed by atoms with van der Waals surface area (Å²) < 4.78 is 83.5. The zero-order valence-electron chi connectivity index (χ0n) is 43.0. The number of ether oxygens (including phenoxy) is 4. The van der Waals surface area contributed by atoms with E-state index in [1.165, 1.54) is 24.3 Å². The van der Waals surface area contributed by atoms with Crippen molar-refractivity contribution in [3.8, 4) is 23.0 Å². The van der Waals surface area contributed by atoms with Gasteiger partial charge in [0.1, 0.15) is 5.84 Å². The van der Waals surface area contributed by atoms with Crippen LogP contribution < -0.4 is 33.7 Å². The Labute approximate surface area is 446 Å². The Hall–Kier alpha value is -8.60. The van der Waals surface area contributed by atoms with Gasteiger partial charge in [0.25, 0.3) is 20.0 Å². The standard InChI is InChI=1S/C30H30N4O5S.C28H25N3O5S/c1-18(2)19-4-8-22(9-5-19)40(36,37)33-30(35)28(20-7-11-26-27(15-20)39-17-38-26)24-16-34(3)25-14-21(6-10-23(24)25)29-31-12-13-32-29;1-17(2)18-5-9-21(10-6-18)37(33,34)30-28(32)27(19-7-12-25-26(13-19)36-16-35-25)23-15-31(4)24-14-20(29-3)8-11-22(23)24/h4-11,14-16,18,28H,12-13,17H2,1-3H3,(H,31,32)(H,33,35);5-15,17,27H,16H2,1-2,4H3,(H,30,32). The Morgan fingerprint density at radius 1 is 0.584 bits per heavy atom. The first-order chi connectivity index (χ1) is 36.9. The number of aliphatic imine (C=N–C) groups is 1. The molecule has 0 radical (unpaired) electrons. The van der Waals surface area contributed by atoms with Crippen LogP contribution in [0.1, 0.15) is 90.3 Å². The largest absolute Gasteiger partial charge is 0.454 e. The molecule has 3 N–H and O–H groups in total. The summed E-state index contributed by atoms with van der Waals surface area (Å²) in [6.07, 6.45) is 3.66. The molecule has 0 spiro atoms. The molecule has 2 atom stereocenters. The highest BCUT2D eigenvalue weighted by Crippen LogP contribution is 2.41. The monoisotopic (exact) mass is 1070 g/mol. The third-order valence-corrected chi connectivity index (χ3v) is 16.6. The van der Waals surface area contributed by atoms with Gasteiger partial charge < -0.3 is 33.4 Å². The van der Waals surface area contributed by atoms with Crippen LogP contribution in [0.15, 0.2) is 149 Å². The maximum Gasteiger partial charge on any atom is 0.264 e. The first-order valence-electron chi connectivity index (χ1n) is 24.9. The van der Waals surface area contributed by atoms with Crippen molar-refractivity contribution in [1.82, 2.24) is 23.9 Å². The van der Waals surface area contributed by atoms with E-state index in [0.717, 1.165) is 57.4 Å². The highest BCUT2D eigenvalue weighted by atomic mass is 32.2. The van der Waals surface area contributed by atoms with Crippen molar-refractivity contribution in [2.45, 2.75) is 61.2 Å². The smallest absolute Gasteiger partial charge is 0.264 e. The average molecular weight is 1070 g/mol. The normalized spacial score (nSPS) is 14.4. The number of hydrogen-bond donors (Lipinski definition) is 3. The van der Waals surface area contributed by atoms with E-state index in [1.54, 1.807) is 85.1 Å². The molecule has 8 aromatic rings. The van der Waals surface area contributed by atoms with Crippen molar-refractivity contribution in [3.05, 3.63) is 184 Å². The lowest BCUT2D eigenvalue weighted by atomic mass is 9.90. The summed E-state index contributed by atoms with van der Waals surface area (Å²) in [5.41, 5.74) is 7.51. The number of nitrogens with one attached hydrogen (secondary N) is 3. The molecule has 0 bridgehead atoms. The number of aryl methyl sites for hydroxylation is 2. The van der Waals surface area contributed by atoms with Gasteiger partial charge in [0, 0.05) is 60.4 Å². The molecular weight excluding hydrogens is 1020 g/mol. The van der Waals surface area contributed by atoms with E-state index in [0.29, 0.717) is 50.9 Å². The number of benzene rings is 6. The number of aromatic nitrogens is 2. The second kappa shape index (κ2) is 20.8. The predicted octanol–water partition coefficient (Wildman–Crippen LogP) is 9.24. The zero-order chi connectivity index (χ0) is 54.3. The molecule has 2 amide bonds. The third-order valence-electron chi connectivity index (χ3n) is 13.9. The highest BCUT2D eigenvalue weighted by Gasteiger charge is 2.34. The maximum atomic E-state index is 13.9. The van der Waals surface area contributed by atoms with E-state index in [9.17, 15) is 26.4 Å². The molecule has 17 nitrogen and oxygen atoms in total. The molecule has 19 heteroatoms. The van der Waals surface area contributed by atoms with Crippen molar-refractivity contribution < 1.29 is 45.4 Å². The molecule has 6 aromatic carbocycles. The van der Waals surface area contributed by atoms with E-state index in [4.69, 9.17) is 25.5 Å². The van der Waals surface area contributed by atoms with Gasteiger partial charge in [-0.15, -0.1) is 0 Å². The van der Waals surface area contributed by atoms with E-state index < -0.39 is 43.7 Å². The minimum Gasteiger partial charge on any atom is -0.454 e. The number of carbonyl (C=O) groups is 2. The summed E-state index contributed by atoms with van der Waals surface area (Å²) in [4.78, 5) is 35.8. The molecule has 0 aliphatic carbocycles. The lowest BCUT2D eigenvalue weighted by Crippen LogP contribution is -2.35. The second-order valence-corrected chi connectivity index (χ2v) is 22.9. The van der Waals surface area contributed by atoms with Gasteiger partial charge in [-0.1, -0.05) is 88.4 Å². The Bertz CT molecular complexity index is 3930. The number of amidine groups is 1.